The summed E-state index contributed by atoms with van der Waals surface area (Å²) in [6.45, 7) is 2.07. The maximum absolute atomic E-state index is 5.41. The van der Waals surface area contributed by atoms with Gasteiger partial charge in [0.15, 0.2) is 0 Å². The lowest BCUT2D eigenvalue weighted by Crippen LogP contribution is -2.13. The van der Waals surface area contributed by atoms with Crippen LogP contribution < -0.4 is 15.4 Å². The van der Waals surface area contributed by atoms with Crippen molar-refractivity contribution < 1.29 is 4.74 Å². The minimum absolute atomic E-state index is 0.573. The summed E-state index contributed by atoms with van der Waals surface area (Å²) in [6, 6.07) is 6.19. The van der Waals surface area contributed by atoms with Crippen LogP contribution in [-0.4, -0.2) is 27.2 Å². The molecule has 0 aromatic heterocycles. The number of benzene rings is 1. The zero-order valence-electron chi connectivity index (χ0n) is 9.34. The van der Waals surface area contributed by atoms with Gasteiger partial charge in [-0.3, -0.25) is 0 Å². The van der Waals surface area contributed by atoms with Crippen molar-refractivity contribution in [2.75, 3.05) is 32.6 Å². The van der Waals surface area contributed by atoms with Crippen molar-refractivity contribution in [1.29, 1.82) is 0 Å². The van der Waals surface area contributed by atoms with Gasteiger partial charge in [0.1, 0.15) is 5.75 Å². The van der Waals surface area contributed by atoms with Gasteiger partial charge in [-0.1, -0.05) is 6.07 Å². The zero-order valence-corrected chi connectivity index (χ0v) is 9.34. The van der Waals surface area contributed by atoms with Gasteiger partial charge < -0.3 is 15.4 Å². The van der Waals surface area contributed by atoms with E-state index in [4.69, 9.17) is 4.74 Å². The third-order valence-electron chi connectivity index (χ3n) is 2.98. The maximum Gasteiger partial charge on any atom is 0.124 e. The molecule has 0 fully saturated rings. The van der Waals surface area contributed by atoms with Crippen molar-refractivity contribution in [3.8, 4) is 5.75 Å². The van der Waals surface area contributed by atoms with Crippen molar-refractivity contribution in [3.05, 3.63) is 23.8 Å². The Morgan fingerprint density at radius 1 is 1.53 bits per heavy atom. The van der Waals surface area contributed by atoms with Crippen LogP contribution in [0, 0.1) is 0 Å². The topological polar surface area (TPSA) is 33.3 Å². The zero-order chi connectivity index (χ0) is 10.7. The fourth-order valence-corrected chi connectivity index (χ4v) is 2.20. The van der Waals surface area contributed by atoms with Crippen molar-refractivity contribution in [2.24, 2.45) is 0 Å². The summed E-state index contributed by atoms with van der Waals surface area (Å²) in [5.74, 6) is 1.59. The van der Waals surface area contributed by atoms with E-state index in [0.717, 1.165) is 25.3 Å². The Hall–Kier alpha value is -1.22. The van der Waals surface area contributed by atoms with Gasteiger partial charge in [0.2, 0.25) is 0 Å². The summed E-state index contributed by atoms with van der Waals surface area (Å²) in [6.07, 6.45) is 1.15. The molecule has 0 saturated carbocycles. The van der Waals surface area contributed by atoms with E-state index in [-0.39, 0.29) is 0 Å². The average Bonchev–Trinajstić information content (AvgIpc) is 2.69. The van der Waals surface area contributed by atoms with Gasteiger partial charge in [-0.15, -0.1) is 0 Å². The Bertz CT molecular complexity index is 338. The lowest BCUT2D eigenvalue weighted by atomic mass is 9.97. The van der Waals surface area contributed by atoms with Gasteiger partial charge in [0.05, 0.1) is 7.11 Å². The first kappa shape index (κ1) is 10.3. The first-order valence-corrected chi connectivity index (χ1v) is 5.42. The van der Waals surface area contributed by atoms with Gasteiger partial charge in [-0.2, -0.15) is 0 Å². The fourth-order valence-electron chi connectivity index (χ4n) is 2.20. The Morgan fingerprint density at radius 2 is 2.40 bits per heavy atom. The van der Waals surface area contributed by atoms with E-state index in [1.807, 2.05) is 19.2 Å². The average molecular weight is 206 g/mol. The van der Waals surface area contributed by atoms with E-state index in [1.54, 1.807) is 7.11 Å². The summed E-state index contributed by atoms with van der Waals surface area (Å²) in [5, 5.41) is 6.62. The lowest BCUT2D eigenvalue weighted by Gasteiger charge is -2.13. The van der Waals surface area contributed by atoms with Crippen LogP contribution in [0.2, 0.25) is 0 Å². The standard InChI is InChI=1S/C12H18N2O/c1-13-7-6-9-8-14-10-4-3-5-11(15-2)12(9)10/h3-5,9,13-14H,6-8H2,1-2H3. The van der Waals surface area contributed by atoms with Crippen LogP contribution in [0.1, 0.15) is 17.9 Å². The molecule has 1 atom stereocenters. The van der Waals surface area contributed by atoms with Gasteiger partial charge >= 0.3 is 0 Å². The highest BCUT2D eigenvalue weighted by Crippen LogP contribution is 2.39. The number of nitrogens with one attached hydrogen (secondary N) is 2. The van der Waals surface area contributed by atoms with E-state index in [2.05, 4.69) is 16.7 Å². The van der Waals surface area contributed by atoms with Gasteiger partial charge in [-0.05, 0) is 32.1 Å². The predicted octanol–water partition coefficient (Wildman–Crippen LogP) is 1.81. The third kappa shape index (κ3) is 1.92. The number of hydrogen-bond acceptors (Lipinski definition) is 3. The van der Waals surface area contributed by atoms with Crippen LogP contribution in [0.4, 0.5) is 5.69 Å². The third-order valence-corrected chi connectivity index (χ3v) is 2.98. The molecule has 1 unspecified atom stereocenters. The molecular weight excluding hydrogens is 188 g/mol. The molecular formula is C12H18N2O. The monoisotopic (exact) mass is 206 g/mol. The Labute approximate surface area is 90.8 Å². The molecule has 0 bridgehead atoms. The largest absolute Gasteiger partial charge is 0.496 e. The number of anilines is 1. The normalized spacial score (nSPS) is 18.4. The quantitative estimate of drug-likeness (QED) is 0.788. The van der Waals surface area contributed by atoms with Gasteiger partial charge in [-0.25, -0.2) is 0 Å². The van der Waals surface area contributed by atoms with Crippen molar-refractivity contribution >= 4 is 5.69 Å². The summed E-state index contributed by atoms with van der Waals surface area (Å²) in [5.41, 5.74) is 2.57. The minimum atomic E-state index is 0.573. The van der Waals surface area contributed by atoms with Gasteiger partial charge in [0, 0.05) is 23.7 Å². The highest BCUT2D eigenvalue weighted by molar-refractivity contribution is 5.63. The number of ether oxygens (including phenoxy) is 1. The van der Waals surface area contributed by atoms with Crippen LogP contribution in [0.3, 0.4) is 0 Å². The molecule has 1 aliphatic rings. The smallest absolute Gasteiger partial charge is 0.124 e. The van der Waals surface area contributed by atoms with Crippen molar-refractivity contribution in [2.45, 2.75) is 12.3 Å². The van der Waals surface area contributed by atoms with E-state index < -0.39 is 0 Å². The van der Waals surface area contributed by atoms with Crippen LogP contribution in [0.15, 0.2) is 18.2 Å². The van der Waals surface area contributed by atoms with E-state index in [0.29, 0.717) is 5.92 Å². The molecule has 0 radical (unpaired) electrons. The molecule has 15 heavy (non-hydrogen) atoms. The van der Waals surface area contributed by atoms with Crippen LogP contribution >= 0.6 is 0 Å². The second kappa shape index (κ2) is 4.53. The molecule has 1 aromatic carbocycles. The highest BCUT2D eigenvalue weighted by atomic mass is 16.5. The molecule has 0 saturated heterocycles. The van der Waals surface area contributed by atoms with Crippen LogP contribution in [-0.2, 0) is 0 Å². The molecule has 82 valence electrons. The fraction of sp³-hybridized carbons (Fsp3) is 0.500. The summed E-state index contributed by atoms with van der Waals surface area (Å²) >= 11 is 0. The van der Waals surface area contributed by atoms with Crippen LogP contribution in [0.25, 0.3) is 0 Å². The minimum Gasteiger partial charge on any atom is -0.496 e. The molecule has 2 N–H and O–H groups in total. The highest BCUT2D eigenvalue weighted by Gasteiger charge is 2.24. The Morgan fingerprint density at radius 3 is 3.13 bits per heavy atom. The number of hydrogen-bond donors (Lipinski definition) is 2. The van der Waals surface area contributed by atoms with E-state index >= 15 is 0 Å². The second-order valence-electron chi connectivity index (χ2n) is 3.89. The summed E-state index contributed by atoms with van der Waals surface area (Å²) in [7, 11) is 3.73. The first-order valence-electron chi connectivity index (χ1n) is 5.42. The summed E-state index contributed by atoms with van der Waals surface area (Å²) in [4.78, 5) is 0. The molecule has 3 nitrogen and oxygen atoms in total. The number of methoxy groups -OCH3 is 1. The molecule has 1 heterocycles. The molecule has 3 heteroatoms. The summed E-state index contributed by atoms with van der Waals surface area (Å²) < 4.78 is 5.41. The molecule has 0 spiro atoms. The molecule has 1 aromatic rings. The number of rotatable bonds is 4. The molecule has 1 aliphatic heterocycles. The van der Waals surface area contributed by atoms with E-state index in [9.17, 15) is 0 Å². The SMILES string of the molecule is CNCCC1CNc2cccc(OC)c21. The predicted molar refractivity (Wildman–Crippen MR) is 62.8 cm³/mol. The molecule has 0 aliphatic carbocycles. The Kier molecular flexibility index (Phi) is 3.11. The first-order chi connectivity index (χ1) is 7.36. The van der Waals surface area contributed by atoms with Crippen molar-refractivity contribution in [1.82, 2.24) is 5.32 Å². The van der Waals surface area contributed by atoms with E-state index in [1.165, 1.54) is 11.3 Å². The Balaban J connectivity index is 2.23. The lowest BCUT2D eigenvalue weighted by molar-refractivity contribution is 0.406. The second-order valence-corrected chi connectivity index (χ2v) is 3.89. The van der Waals surface area contributed by atoms with Crippen molar-refractivity contribution in [3.63, 3.8) is 0 Å². The number of fused-ring (bicyclic) bond motifs is 1. The van der Waals surface area contributed by atoms with Crippen LogP contribution in [0.5, 0.6) is 5.75 Å². The van der Waals surface area contributed by atoms with Gasteiger partial charge in [0.25, 0.3) is 0 Å². The maximum atomic E-state index is 5.41. The molecule has 0 amide bonds. The molecule has 2 rings (SSSR count).